The summed E-state index contributed by atoms with van der Waals surface area (Å²) in [4.78, 5) is 36.2. The van der Waals surface area contributed by atoms with E-state index < -0.39 is 29.9 Å². The quantitative estimate of drug-likeness (QED) is 0.705. The van der Waals surface area contributed by atoms with Crippen LogP contribution in [0.4, 0.5) is 5.69 Å². The highest BCUT2D eigenvalue weighted by atomic mass is 16.4. The van der Waals surface area contributed by atoms with Crippen molar-refractivity contribution in [3.05, 3.63) is 42.5 Å². The highest BCUT2D eigenvalue weighted by molar-refractivity contribution is 6.03. The first kappa shape index (κ1) is 18.4. The molecule has 0 saturated carbocycles. The number of aliphatic carboxylic acids is 2. The summed E-state index contributed by atoms with van der Waals surface area (Å²) in [6.45, 7) is 1.46. The Kier molecular flexibility index (Phi) is 5.71. The van der Waals surface area contributed by atoms with Crippen LogP contribution in [0.2, 0.25) is 0 Å². The van der Waals surface area contributed by atoms with Crippen LogP contribution < -0.4 is 10.6 Å². The summed E-state index contributed by atoms with van der Waals surface area (Å²) in [5.41, 5.74) is 6.05. The number of carbonyl (C=O) groups is 3. The van der Waals surface area contributed by atoms with E-state index in [9.17, 15) is 19.5 Å². The molecule has 1 amide bonds. The smallest absolute Gasteiger partial charge is 0.326 e. The van der Waals surface area contributed by atoms with E-state index >= 15 is 0 Å². The number of fused-ring (bicyclic) bond motifs is 1. The van der Waals surface area contributed by atoms with Crippen LogP contribution in [-0.4, -0.2) is 40.1 Å². The number of anilines is 1. The van der Waals surface area contributed by atoms with Gasteiger partial charge in [-0.25, -0.2) is 4.79 Å². The summed E-state index contributed by atoms with van der Waals surface area (Å²) in [6.07, 6.45) is -0.580. The van der Waals surface area contributed by atoms with Gasteiger partial charge < -0.3 is 15.9 Å². The Morgan fingerprint density at radius 3 is 2.28 bits per heavy atom. The first-order valence-electron chi connectivity index (χ1n) is 7.83. The maximum Gasteiger partial charge on any atom is 0.326 e. The van der Waals surface area contributed by atoms with Gasteiger partial charge in [-0.05, 0) is 36.2 Å². The summed E-state index contributed by atoms with van der Waals surface area (Å²) < 4.78 is 0. The van der Waals surface area contributed by atoms with Gasteiger partial charge in [0.1, 0.15) is 6.04 Å². The fourth-order valence-corrected chi connectivity index (χ4v) is 2.63. The molecule has 0 aliphatic heterocycles. The van der Waals surface area contributed by atoms with Gasteiger partial charge >= 0.3 is 11.9 Å². The van der Waals surface area contributed by atoms with E-state index in [1.807, 2.05) is 24.3 Å². The topological polar surface area (TPSA) is 121 Å². The third-order valence-corrected chi connectivity index (χ3v) is 3.87. The predicted octanol–water partition coefficient (Wildman–Crippen LogP) is 1.84. The van der Waals surface area contributed by atoms with Gasteiger partial charge in [0, 0.05) is 12.1 Å². The normalized spacial score (nSPS) is 13.2. The lowest BCUT2D eigenvalue weighted by Crippen LogP contribution is -2.51. The van der Waals surface area contributed by atoms with Crippen LogP contribution in [-0.2, 0) is 14.4 Å². The Morgan fingerprint density at radius 1 is 1.08 bits per heavy atom. The number of amides is 1. The molecule has 132 valence electrons. The maximum atomic E-state index is 12.6. The number of rotatable bonds is 7. The van der Waals surface area contributed by atoms with Crippen molar-refractivity contribution in [1.29, 1.82) is 0 Å². The van der Waals surface area contributed by atoms with Gasteiger partial charge in [0.25, 0.3) is 0 Å². The molecule has 0 aromatic heterocycles. The van der Waals surface area contributed by atoms with Gasteiger partial charge in [-0.3, -0.25) is 14.5 Å². The Labute approximate surface area is 144 Å². The highest BCUT2D eigenvalue weighted by Gasteiger charge is 2.32. The largest absolute Gasteiger partial charge is 0.481 e. The molecule has 0 unspecified atom stereocenters. The molecule has 7 nitrogen and oxygen atoms in total. The number of hydrogen-bond acceptors (Lipinski definition) is 4. The zero-order valence-corrected chi connectivity index (χ0v) is 13.8. The van der Waals surface area contributed by atoms with E-state index in [2.05, 4.69) is 0 Å². The molecule has 0 spiro atoms. The second-order valence-electron chi connectivity index (χ2n) is 5.81. The second-order valence-corrected chi connectivity index (χ2v) is 5.81. The number of benzene rings is 2. The second kappa shape index (κ2) is 7.76. The fourth-order valence-electron chi connectivity index (χ4n) is 2.63. The van der Waals surface area contributed by atoms with Crippen LogP contribution in [0, 0.1) is 0 Å². The average molecular weight is 344 g/mol. The van der Waals surface area contributed by atoms with Crippen molar-refractivity contribution in [3.63, 3.8) is 0 Å². The number of nitrogens with zero attached hydrogens (tertiary/aromatic N) is 1. The summed E-state index contributed by atoms with van der Waals surface area (Å²) in [5.74, 6) is -2.98. The van der Waals surface area contributed by atoms with Crippen LogP contribution in [0.3, 0.4) is 0 Å². The highest BCUT2D eigenvalue weighted by Crippen LogP contribution is 2.26. The van der Waals surface area contributed by atoms with E-state index in [1.165, 1.54) is 6.92 Å². The molecular weight excluding hydrogens is 324 g/mol. The molecule has 0 saturated heterocycles. The van der Waals surface area contributed by atoms with Crippen LogP contribution in [0.25, 0.3) is 10.8 Å². The van der Waals surface area contributed by atoms with Gasteiger partial charge in [-0.1, -0.05) is 30.3 Å². The SMILES string of the molecule is C[C@H](N)C(=O)N(c1ccc2ccccc2c1)[C@@H](CCC(=O)O)C(=O)O. The molecule has 0 aliphatic rings. The summed E-state index contributed by atoms with van der Waals surface area (Å²) in [5, 5.41) is 20.2. The fraction of sp³-hybridized carbons (Fsp3) is 0.278. The van der Waals surface area contributed by atoms with Crippen molar-refractivity contribution in [3.8, 4) is 0 Å². The standard InChI is InChI=1S/C18H20N2O5/c1-11(19)17(23)20(15(18(24)25)8-9-16(21)22)14-7-6-12-4-2-3-5-13(12)10-14/h2-7,10-11,15H,8-9,19H2,1H3,(H,21,22)(H,24,25)/t11-,15-/m0/s1. The average Bonchev–Trinajstić information content (AvgIpc) is 2.57. The van der Waals surface area contributed by atoms with E-state index in [4.69, 9.17) is 10.8 Å². The number of carboxylic acids is 2. The molecular formula is C18H20N2O5. The Balaban J connectivity index is 2.50. The zero-order chi connectivity index (χ0) is 18.6. The molecule has 0 radical (unpaired) electrons. The number of nitrogens with two attached hydrogens (primary N) is 1. The lowest BCUT2D eigenvalue weighted by Gasteiger charge is -2.30. The number of carbonyl (C=O) groups excluding carboxylic acids is 1. The molecule has 7 heteroatoms. The minimum atomic E-state index is -1.31. The Bertz CT molecular complexity index is 803. The van der Waals surface area contributed by atoms with Crippen LogP contribution in [0.5, 0.6) is 0 Å². The molecule has 0 heterocycles. The van der Waals surface area contributed by atoms with Crippen molar-refractivity contribution in [2.45, 2.75) is 31.8 Å². The van der Waals surface area contributed by atoms with E-state index in [0.29, 0.717) is 5.69 Å². The molecule has 0 fully saturated rings. The van der Waals surface area contributed by atoms with E-state index in [-0.39, 0.29) is 12.8 Å². The number of carboxylic acid groups (broad SMARTS) is 2. The van der Waals surface area contributed by atoms with Crippen LogP contribution in [0.1, 0.15) is 19.8 Å². The van der Waals surface area contributed by atoms with Crippen molar-refractivity contribution in [2.75, 3.05) is 4.90 Å². The van der Waals surface area contributed by atoms with E-state index in [0.717, 1.165) is 15.7 Å². The summed E-state index contributed by atoms with van der Waals surface area (Å²) >= 11 is 0. The summed E-state index contributed by atoms with van der Waals surface area (Å²) in [7, 11) is 0. The lowest BCUT2D eigenvalue weighted by atomic mass is 10.0. The van der Waals surface area contributed by atoms with Crippen molar-refractivity contribution >= 4 is 34.3 Å². The first-order valence-corrected chi connectivity index (χ1v) is 7.83. The molecule has 2 rings (SSSR count). The predicted molar refractivity (Wildman–Crippen MR) is 93.4 cm³/mol. The molecule has 2 atom stereocenters. The van der Waals surface area contributed by atoms with Crippen LogP contribution >= 0.6 is 0 Å². The minimum absolute atomic E-state index is 0.212. The monoisotopic (exact) mass is 344 g/mol. The third-order valence-electron chi connectivity index (χ3n) is 3.87. The minimum Gasteiger partial charge on any atom is -0.481 e. The lowest BCUT2D eigenvalue weighted by molar-refractivity contribution is -0.141. The molecule has 0 bridgehead atoms. The van der Waals surface area contributed by atoms with Gasteiger partial charge in [0.05, 0.1) is 6.04 Å². The molecule has 0 aliphatic carbocycles. The van der Waals surface area contributed by atoms with Crippen molar-refractivity contribution < 1.29 is 24.6 Å². The van der Waals surface area contributed by atoms with E-state index in [1.54, 1.807) is 18.2 Å². The maximum absolute atomic E-state index is 12.6. The van der Waals surface area contributed by atoms with Gasteiger partial charge in [-0.15, -0.1) is 0 Å². The Hall–Kier alpha value is -2.93. The van der Waals surface area contributed by atoms with Crippen molar-refractivity contribution in [1.82, 2.24) is 0 Å². The molecule has 25 heavy (non-hydrogen) atoms. The first-order chi connectivity index (χ1) is 11.8. The molecule has 2 aromatic carbocycles. The van der Waals surface area contributed by atoms with Crippen molar-refractivity contribution in [2.24, 2.45) is 5.73 Å². The zero-order valence-electron chi connectivity index (χ0n) is 13.8. The Morgan fingerprint density at radius 2 is 1.72 bits per heavy atom. The summed E-state index contributed by atoms with van der Waals surface area (Å²) in [6, 6.07) is 10.3. The molecule has 2 aromatic rings. The number of hydrogen-bond donors (Lipinski definition) is 3. The van der Waals surface area contributed by atoms with Gasteiger partial charge in [-0.2, -0.15) is 0 Å². The van der Waals surface area contributed by atoms with Crippen LogP contribution in [0.15, 0.2) is 42.5 Å². The van der Waals surface area contributed by atoms with Gasteiger partial charge in [0.2, 0.25) is 5.91 Å². The van der Waals surface area contributed by atoms with Gasteiger partial charge in [0.15, 0.2) is 0 Å². The molecule has 4 N–H and O–H groups in total. The third kappa shape index (κ3) is 4.33.